The number of hydrogen-bond donors (Lipinski definition) is 1. The van der Waals surface area contributed by atoms with E-state index in [0.29, 0.717) is 26.3 Å². The summed E-state index contributed by atoms with van der Waals surface area (Å²) in [5.74, 6) is 1.97. The molecule has 8 heteroatoms. The zero-order chi connectivity index (χ0) is 20.0. The van der Waals surface area contributed by atoms with Gasteiger partial charge in [-0.3, -0.25) is 4.90 Å². The average Bonchev–Trinajstić information content (AvgIpc) is 3.10. The third-order valence-electron chi connectivity index (χ3n) is 4.54. The Hall–Kier alpha value is -2.03. The molecule has 1 saturated heterocycles. The van der Waals surface area contributed by atoms with Gasteiger partial charge in [-0.25, -0.2) is 0 Å². The summed E-state index contributed by atoms with van der Waals surface area (Å²) in [6.07, 6.45) is -4.35. The summed E-state index contributed by atoms with van der Waals surface area (Å²) in [7, 11) is 0. The van der Waals surface area contributed by atoms with Crippen LogP contribution < -0.4 is 10.1 Å². The number of alkyl halides is 3. The molecule has 154 valence electrons. The third-order valence-corrected chi connectivity index (χ3v) is 4.54. The molecular weight excluding hydrogens is 373 g/mol. The maximum Gasteiger partial charge on any atom is 0.422 e. The first-order chi connectivity index (χ1) is 13.4. The van der Waals surface area contributed by atoms with Crippen molar-refractivity contribution in [1.82, 2.24) is 10.2 Å². The smallest absolute Gasteiger partial charge is 0.422 e. The lowest BCUT2D eigenvalue weighted by Crippen LogP contribution is -2.42. The number of morpholine rings is 1. The van der Waals surface area contributed by atoms with Crippen LogP contribution in [0.1, 0.15) is 23.1 Å². The molecule has 2 heterocycles. The molecule has 0 saturated carbocycles. The molecule has 1 N–H and O–H groups in total. The molecule has 0 spiro atoms. The van der Waals surface area contributed by atoms with Crippen LogP contribution in [0.25, 0.3) is 0 Å². The first kappa shape index (κ1) is 20.7. The highest BCUT2D eigenvalue weighted by atomic mass is 19.4. The van der Waals surface area contributed by atoms with Gasteiger partial charge in [-0.15, -0.1) is 0 Å². The van der Waals surface area contributed by atoms with Crippen molar-refractivity contribution in [3.8, 4) is 5.75 Å². The quantitative estimate of drug-likeness (QED) is 0.735. The molecule has 0 amide bonds. The molecular formula is C20H25F3N2O3. The zero-order valence-corrected chi connectivity index (χ0v) is 15.8. The molecule has 0 bridgehead atoms. The zero-order valence-electron chi connectivity index (χ0n) is 15.8. The normalized spacial score (nSPS) is 16.9. The van der Waals surface area contributed by atoms with Crippen LogP contribution in [-0.2, 0) is 11.3 Å². The van der Waals surface area contributed by atoms with Crippen LogP contribution >= 0.6 is 0 Å². The van der Waals surface area contributed by atoms with Gasteiger partial charge in [0, 0.05) is 26.2 Å². The van der Waals surface area contributed by atoms with Crippen LogP contribution in [0.2, 0.25) is 0 Å². The summed E-state index contributed by atoms with van der Waals surface area (Å²) in [5, 5.41) is 3.39. The Morgan fingerprint density at radius 1 is 1.18 bits per heavy atom. The summed E-state index contributed by atoms with van der Waals surface area (Å²) in [6.45, 7) is 4.83. The molecule has 5 nitrogen and oxygen atoms in total. The molecule has 2 aromatic rings. The van der Waals surface area contributed by atoms with Crippen LogP contribution in [0.3, 0.4) is 0 Å². The Morgan fingerprint density at radius 2 is 1.96 bits per heavy atom. The molecule has 1 aliphatic rings. The third kappa shape index (κ3) is 6.25. The van der Waals surface area contributed by atoms with Crippen molar-refractivity contribution in [2.75, 3.05) is 39.5 Å². The SMILES string of the molecule is Cc1ccc(C(CNCc2cccc(OCC(F)(F)F)c2)N2CCOCC2)o1. The summed E-state index contributed by atoms with van der Waals surface area (Å²) in [5.41, 5.74) is 0.857. The standard InChI is InChI=1S/C20H25F3N2O3/c1-15-5-6-19(28-15)18(25-7-9-26-10-8-25)13-24-12-16-3-2-4-17(11-16)27-14-20(21,22)23/h2-6,11,18,24H,7-10,12-14H2,1H3. The van der Waals surface area contributed by atoms with Crippen molar-refractivity contribution in [3.63, 3.8) is 0 Å². The fourth-order valence-corrected chi connectivity index (χ4v) is 3.19. The van der Waals surface area contributed by atoms with Crippen LogP contribution in [-0.4, -0.2) is 50.5 Å². The lowest BCUT2D eigenvalue weighted by atomic mass is 10.1. The fraction of sp³-hybridized carbons (Fsp3) is 0.500. The topological polar surface area (TPSA) is 46.9 Å². The first-order valence-corrected chi connectivity index (χ1v) is 9.28. The number of nitrogens with zero attached hydrogens (tertiary/aromatic N) is 1. The van der Waals surface area contributed by atoms with E-state index in [1.165, 1.54) is 6.07 Å². The highest BCUT2D eigenvalue weighted by Crippen LogP contribution is 2.24. The molecule has 1 aromatic heterocycles. The van der Waals surface area contributed by atoms with E-state index in [0.717, 1.165) is 30.2 Å². The van der Waals surface area contributed by atoms with E-state index >= 15 is 0 Å². The van der Waals surface area contributed by atoms with Crippen molar-refractivity contribution in [2.45, 2.75) is 25.7 Å². The van der Waals surface area contributed by atoms with E-state index in [2.05, 4.69) is 10.2 Å². The fourth-order valence-electron chi connectivity index (χ4n) is 3.19. The second kappa shape index (κ2) is 9.45. The van der Waals surface area contributed by atoms with Crippen LogP contribution in [0.5, 0.6) is 5.75 Å². The van der Waals surface area contributed by atoms with Gasteiger partial charge in [0.05, 0.1) is 19.3 Å². The maximum absolute atomic E-state index is 12.3. The highest BCUT2D eigenvalue weighted by molar-refractivity contribution is 5.28. The van der Waals surface area contributed by atoms with Gasteiger partial charge in [0.1, 0.15) is 17.3 Å². The molecule has 0 radical (unpaired) electrons. The number of rotatable bonds is 8. The van der Waals surface area contributed by atoms with Crippen molar-refractivity contribution in [2.24, 2.45) is 0 Å². The number of aryl methyl sites for hydroxylation is 1. The summed E-state index contributed by atoms with van der Waals surface area (Å²) in [6, 6.07) is 10.7. The number of halogens is 3. The van der Waals surface area contributed by atoms with Gasteiger partial charge in [-0.05, 0) is 36.8 Å². The highest BCUT2D eigenvalue weighted by Gasteiger charge is 2.28. The predicted octanol–water partition coefficient (Wildman–Crippen LogP) is 3.69. The Kier molecular flexibility index (Phi) is 6.98. The van der Waals surface area contributed by atoms with Crippen LogP contribution in [0.4, 0.5) is 13.2 Å². The molecule has 0 aliphatic carbocycles. The molecule has 28 heavy (non-hydrogen) atoms. The second-order valence-electron chi connectivity index (χ2n) is 6.79. The number of nitrogens with one attached hydrogen (secondary N) is 1. The van der Waals surface area contributed by atoms with E-state index in [1.54, 1.807) is 12.1 Å². The minimum Gasteiger partial charge on any atom is -0.484 e. The summed E-state index contributed by atoms with van der Waals surface area (Å²) < 4.78 is 53.0. The molecule has 1 atom stereocenters. The Bertz CT molecular complexity index is 742. The molecule has 3 rings (SSSR count). The van der Waals surface area contributed by atoms with Crippen molar-refractivity contribution in [3.05, 3.63) is 53.5 Å². The minimum atomic E-state index is -4.35. The van der Waals surface area contributed by atoms with E-state index in [4.69, 9.17) is 13.9 Å². The van der Waals surface area contributed by atoms with Gasteiger partial charge in [0.25, 0.3) is 0 Å². The van der Waals surface area contributed by atoms with Gasteiger partial charge in [-0.1, -0.05) is 12.1 Å². The van der Waals surface area contributed by atoms with E-state index in [-0.39, 0.29) is 11.8 Å². The van der Waals surface area contributed by atoms with E-state index < -0.39 is 12.8 Å². The second-order valence-corrected chi connectivity index (χ2v) is 6.79. The van der Waals surface area contributed by atoms with Gasteiger partial charge in [-0.2, -0.15) is 13.2 Å². The predicted molar refractivity (Wildman–Crippen MR) is 98.3 cm³/mol. The summed E-state index contributed by atoms with van der Waals surface area (Å²) >= 11 is 0. The average molecular weight is 398 g/mol. The summed E-state index contributed by atoms with van der Waals surface area (Å²) in [4.78, 5) is 2.32. The Morgan fingerprint density at radius 3 is 2.64 bits per heavy atom. The van der Waals surface area contributed by atoms with Gasteiger partial charge in [0.15, 0.2) is 6.61 Å². The number of ether oxygens (including phenoxy) is 2. The van der Waals surface area contributed by atoms with E-state index in [9.17, 15) is 13.2 Å². The molecule has 1 fully saturated rings. The first-order valence-electron chi connectivity index (χ1n) is 9.28. The van der Waals surface area contributed by atoms with Crippen molar-refractivity contribution >= 4 is 0 Å². The molecule has 1 aliphatic heterocycles. The van der Waals surface area contributed by atoms with Gasteiger partial charge in [0.2, 0.25) is 0 Å². The largest absolute Gasteiger partial charge is 0.484 e. The number of furan rings is 1. The van der Waals surface area contributed by atoms with Gasteiger partial charge < -0.3 is 19.2 Å². The number of benzene rings is 1. The van der Waals surface area contributed by atoms with Crippen LogP contribution in [0.15, 0.2) is 40.8 Å². The van der Waals surface area contributed by atoms with Gasteiger partial charge >= 0.3 is 6.18 Å². The van der Waals surface area contributed by atoms with Crippen molar-refractivity contribution in [1.29, 1.82) is 0 Å². The number of hydrogen-bond acceptors (Lipinski definition) is 5. The minimum absolute atomic E-state index is 0.0715. The lowest BCUT2D eigenvalue weighted by molar-refractivity contribution is -0.153. The molecule has 1 aromatic carbocycles. The Balaban J connectivity index is 1.58. The maximum atomic E-state index is 12.3. The van der Waals surface area contributed by atoms with Crippen molar-refractivity contribution < 1.29 is 27.1 Å². The lowest BCUT2D eigenvalue weighted by Gasteiger charge is -2.33. The van der Waals surface area contributed by atoms with Crippen LogP contribution in [0, 0.1) is 6.92 Å². The monoisotopic (exact) mass is 398 g/mol. The molecule has 1 unspecified atom stereocenters. The Labute approximate surface area is 162 Å². The van der Waals surface area contributed by atoms with E-state index in [1.807, 2.05) is 25.1 Å².